The minimum atomic E-state index is -0.819. The Morgan fingerprint density at radius 3 is 2.82 bits per heavy atom. The topological polar surface area (TPSA) is 52.5 Å². The molecule has 1 rings (SSSR count). The van der Waals surface area contributed by atoms with Gasteiger partial charge in [0.2, 0.25) is 0 Å². The lowest BCUT2D eigenvalue weighted by atomic mass is 9.81. The molecule has 0 amide bonds. The van der Waals surface area contributed by atoms with Crippen LogP contribution in [0, 0.1) is 5.92 Å². The second kappa shape index (κ2) is 3.52. The van der Waals surface area contributed by atoms with Crippen LogP contribution in [-0.4, -0.2) is 35.5 Å². The molecule has 0 saturated carbocycles. The maximum absolute atomic E-state index is 9.85. The van der Waals surface area contributed by atoms with Crippen LogP contribution >= 0.6 is 0 Å². The van der Waals surface area contributed by atoms with Crippen molar-refractivity contribution in [3.8, 4) is 0 Å². The third-order valence-corrected chi connectivity index (χ3v) is 2.65. The minimum Gasteiger partial charge on any atom is -0.393 e. The molecular formula is C8H17NO2. The third-order valence-electron chi connectivity index (χ3n) is 2.65. The molecule has 0 aromatic heterocycles. The fourth-order valence-corrected chi connectivity index (χ4v) is 1.71. The van der Waals surface area contributed by atoms with Crippen molar-refractivity contribution in [1.29, 1.82) is 0 Å². The maximum atomic E-state index is 9.85. The number of hydrogen-bond acceptors (Lipinski definition) is 3. The van der Waals surface area contributed by atoms with E-state index in [1.165, 1.54) is 0 Å². The first kappa shape index (κ1) is 8.97. The SMILES string of the molecule is CCC1CNCCC1(O)CO. The van der Waals surface area contributed by atoms with Gasteiger partial charge in [0.25, 0.3) is 0 Å². The lowest BCUT2D eigenvalue weighted by Gasteiger charge is -2.38. The van der Waals surface area contributed by atoms with Gasteiger partial charge in [-0.1, -0.05) is 6.92 Å². The summed E-state index contributed by atoms with van der Waals surface area (Å²) in [6.07, 6.45) is 1.59. The molecule has 0 bridgehead atoms. The van der Waals surface area contributed by atoms with E-state index in [4.69, 9.17) is 5.11 Å². The number of hydrogen-bond donors (Lipinski definition) is 3. The number of aliphatic hydroxyl groups is 2. The van der Waals surface area contributed by atoms with E-state index in [9.17, 15) is 5.11 Å². The summed E-state index contributed by atoms with van der Waals surface area (Å²) in [5.41, 5.74) is -0.819. The predicted molar refractivity (Wildman–Crippen MR) is 43.3 cm³/mol. The third kappa shape index (κ3) is 1.72. The summed E-state index contributed by atoms with van der Waals surface area (Å²) in [7, 11) is 0. The molecule has 66 valence electrons. The molecule has 2 unspecified atom stereocenters. The molecule has 1 aliphatic rings. The first-order valence-corrected chi connectivity index (χ1v) is 4.27. The zero-order valence-electron chi connectivity index (χ0n) is 7.01. The van der Waals surface area contributed by atoms with Crippen LogP contribution in [0.3, 0.4) is 0 Å². The van der Waals surface area contributed by atoms with Crippen LogP contribution in [0.15, 0.2) is 0 Å². The Balaban J connectivity index is 2.57. The van der Waals surface area contributed by atoms with Gasteiger partial charge < -0.3 is 15.5 Å². The molecule has 3 N–H and O–H groups in total. The number of piperidine rings is 1. The Morgan fingerprint density at radius 2 is 2.36 bits per heavy atom. The highest BCUT2D eigenvalue weighted by Crippen LogP contribution is 2.25. The molecule has 0 radical (unpaired) electrons. The van der Waals surface area contributed by atoms with Crippen LogP contribution in [0.2, 0.25) is 0 Å². The summed E-state index contributed by atoms with van der Waals surface area (Å²) in [4.78, 5) is 0. The van der Waals surface area contributed by atoms with E-state index in [0.717, 1.165) is 19.5 Å². The van der Waals surface area contributed by atoms with Crippen molar-refractivity contribution in [2.24, 2.45) is 5.92 Å². The average molecular weight is 159 g/mol. The highest BCUT2D eigenvalue weighted by molar-refractivity contribution is 4.90. The van der Waals surface area contributed by atoms with Gasteiger partial charge in [-0.05, 0) is 19.4 Å². The highest BCUT2D eigenvalue weighted by atomic mass is 16.3. The van der Waals surface area contributed by atoms with E-state index in [0.29, 0.717) is 6.42 Å². The average Bonchev–Trinajstić information content (AvgIpc) is 2.05. The summed E-state index contributed by atoms with van der Waals surface area (Å²) < 4.78 is 0. The van der Waals surface area contributed by atoms with E-state index in [-0.39, 0.29) is 12.5 Å². The van der Waals surface area contributed by atoms with Crippen molar-refractivity contribution in [1.82, 2.24) is 5.32 Å². The zero-order valence-corrected chi connectivity index (χ0v) is 7.01. The second-order valence-electron chi connectivity index (χ2n) is 3.32. The molecule has 3 nitrogen and oxygen atoms in total. The molecule has 1 fully saturated rings. The lowest BCUT2D eigenvalue weighted by molar-refractivity contribution is -0.0799. The summed E-state index contributed by atoms with van der Waals surface area (Å²) in [5.74, 6) is 0.209. The van der Waals surface area contributed by atoms with Crippen molar-refractivity contribution in [3.63, 3.8) is 0 Å². The van der Waals surface area contributed by atoms with Gasteiger partial charge in [-0.2, -0.15) is 0 Å². The van der Waals surface area contributed by atoms with Crippen molar-refractivity contribution in [2.45, 2.75) is 25.4 Å². The Labute approximate surface area is 67.4 Å². The number of nitrogens with one attached hydrogen (secondary N) is 1. The zero-order chi connectivity index (χ0) is 8.32. The summed E-state index contributed by atoms with van der Waals surface area (Å²) in [5, 5.41) is 22.0. The minimum absolute atomic E-state index is 0.104. The lowest BCUT2D eigenvalue weighted by Crippen LogP contribution is -2.52. The normalized spacial score (nSPS) is 39.0. The number of rotatable bonds is 2. The molecule has 11 heavy (non-hydrogen) atoms. The van der Waals surface area contributed by atoms with Crippen LogP contribution in [-0.2, 0) is 0 Å². The summed E-state index contributed by atoms with van der Waals surface area (Å²) in [6, 6.07) is 0. The molecule has 2 atom stereocenters. The molecule has 0 aromatic rings. The van der Waals surface area contributed by atoms with Gasteiger partial charge in [-0.3, -0.25) is 0 Å². The molecule has 3 heteroatoms. The van der Waals surface area contributed by atoms with Gasteiger partial charge in [0.05, 0.1) is 12.2 Å². The quantitative estimate of drug-likeness (QED) is 0.520. The summed E-state index contributed by atoms with van der Waals surface area (Å²) in [6.45, 7) is 3.58. The Bertz CT molecular complexity index is 129. The van der Waals surface area contributed by atoms with Crippen molar-refractivity contribution in [3.05, 3.63) is 0 Å². The Morgan fingerprint density at radius 1 is 1.64 bits per heavy atom. The van der Waals surface area contributed by atoms with E-state index < -0.39 is 5.60 Å². The first-order valence-electron chi connectivity index (χ1n) is 4.27. The van der Waals surface area contributed by atoms with Gasteiger partial charge in [-0.25, -0.2) is 0 Å². The fraction of sp³-hybridized carbons (Fsp3) is 1.00. The predicted octanol–water partition coefficient (Wildman–Crippen LogP) is -0.271. The van der Waals surface area contributed by atoms with Gasteiger partial charge in [0, 0.05) is 12.5 Å². The van der Waals surface area contributed by atoms with Crippen LogP contribution in [0.4, 0.5) is 0 Å². The largest absolute Gasteiger partial charge is 0.393 e. The molecule has 1 saturated heterocycles. The highest BCUT2D eigenvalue weighted by Gasteiger charge is 2.36. The second-order valence-corrected chi connectivity index (χ2v) is 3.32. The molecule has 1 aliphatic heterocycles. The molecule has 0 aromatic carbocycles. The van der Waals surface area contributed by atoms with Crippen LogP contribution in [0.5, 0.6) is 0 Å². The summed E-state index contributed by atoms with van der Waals surface area (Å²) >= 11 is 0. The van der Waals surface area contributed by atoms with Gasteiger partial charge in [0.1, 0.15) is 0 Å². The van der Waals surface area contributed by atoms with Crippen molar-refractivity contribution >= 4 is 0 Å². The van der Waals surface area contributed by atoms with Gasteiger partial charge in [-0.15, -0.1) is 0 Å². The van der Waals surface area contributed by atoms with Crippen molar-refractivity contribution < 1.29 is 10.2 Å². The Hall–Kier alpha value is -0.120. The van der Waals surface area contributed by atoms with Crippen LogP contribution in [0.25, 0.3) is 0 Å². The van der Waals surface area contributed by atoms with E-state index in [1.54, 1.807) is 0 Å². The van der Waals surface area contributed by atoms with E-state index in [2.05, 4.69) is 5.32 Å². The maximum Gasteiger partial charge on any atom is 0.0929 e. The van der Waals surface area contributed by atoms with Gasteiger partial charge >= 0.3 is 0 Å². The monoisotopic (exact) mass is 159 g/mol. The van der Waals surface area contributed by atoms with Gasteiger partial charge in [0.15, 0.2) is 0 Å². The fourth-order valence-electron chi connectivity index (χ4n) is 1.71. The van der Waals surface area contributed by atoms with Crippen molar-refractivity contribution in [2.75, 3.05) is 19.7 Å². The first-order chi connectivity index (χ1) is 5.23. The van der Waals surface area contributed by atoms with E-state index >= 15 is 0 Å². The standard InChI is InChI=1S/C8H17NO2/c1-2-7-5-9-4-3-8(7,11)6-10/h7,9-11H,2-6H2,1H3. The molecule has 1 heterocycles. The molecular weight excluding hydrogens is 142 g/mol. The number of aliphatic hydroxyl groups excluding tert-OH is 1. The van der Waals surface area contributed by atoms with E-state index in [1.807, 2.05) is 6.92 Å². The smallest absolute Gasteiger partial charge is 0.0929 e. The van der Waals surface area contributed by atoms with Crippen LogP contribution < -0.4 is 5.32 Å². The molecule has 0 spiro atoms. The molecule has 0 aliphatic carbocycles. The Kier molecular flexibility index (Phi) is 2.87. The van der Waals surface area contributed by atoms with Crippen LogP contribution in [0.1, 0.15) is 19.8 Å².